The van der Waals surface area contributed by atoms with Gasteiger partial charge in [0.1, 0.15) is 5.76 Å². The van der Waals surface area contributed by atoms with Crippen molar-refractivity contribution in [2.75, 3.05) is 0 Å². The fraction of sp³-hybridized carbons (Fsp3) is 0. The third kappa shape index (κ3) is 3.11. The Bertz CT molecular complexity index is 1370. The van der Waals surface area contributed by atoms with Gasteiger partial charge in [-0.3, -0.25) is 0 Å². The first-order valence-corrected chi connectivity index (χ1v) is 9.88. The largest absolute Gasteiger partial charge is 0.422 e. The normalized spacial score (nSPS) is 11.2. The van der Waals surface area contributed by atoms with E-state index in [2.05, 4.69) is 0 Å². The van der Waals surface area contributed by atoms with Gasteiger partial charge in [-0.25, -0.2) is 4.79 Å². The molecule has 0 saturated heterocycles. The lowest BCUT2D eigenvalue weighted by atomic mass is 9.95. The molecule has 5 rings (SSSR count). The number of halogens is 2. The van der Waals surface area contributed by atoms with E-state index in [1.165, 1.54) is 0 Å². The second-order valence-electron chi connectivity index (χ2n) is 6.82. The maximum Gasteiger partial charge on any atom is 0.344 e. The first-order chi connectivity index (χ1) is 14.1. The van der Waals surface area contributed by atoms with Crippen LogP contribution in [0.5, 0.6) is 0 Å². The number of fused-ring (bicyclic) bond motifs is 3. The van der Waals surface area contributed by atoms with E-state index < -0.39 is 0 Å². The van der Waals surface area contributed by atoms with Gasteiger partial charge < -0.3 is 4.42 Å². The van der Waals surface area contributed by atoms with E-state index in [0.717, 1.165) is 33.2 Å². The van der Waals surface area contributed by atoms with Crippen molar-refractivity contribution in [2.24, 2.45) is 0 Å². The van der Waals surface area contributed by atoms with Gasteiger partial charge in [0.15, 0.2) is 0 Å². The van der Waals surface area contributed by atoms with Gasteiger partial charge in [0.2, 0.25) is 0 Å². The maximum atomic E-state index is 12.9. The molecule has 0 spiro atoms. The molecule has 0 bridgehead atoms. The molecule has 1 aromatic heterocycles. The van der Waals surface area contributed by atoms with Gasteiger partial charge in [0, 0.05) is 26.6 Å². The summed E-state index contributed by atoms with van der Waals surface area (Å²) in [5.74, 6) is 0.514. The van der Waals surface area contributed by atoms with Crippen molar-refractivity contribution in [3.63, 3.8) is 0 Å². The minimum absolute atomic E-state index is 0.360. The average molecular weight is 417 g/mol. The standard InChI is InChI=1S/C25H14Cl2O2/c26-18-10-6-15(7-11-18)22-23-20-5-3-1-2-4-17(20)14-21(23)25(28)29-24(22)16-8-12-19(27)13-9-16/h1-14H. The van der Waals surface area contributed by atoms with Crippen molar-refractivity contribution in [2.45, 2.75) is 0 Å². The predicted molar refractivity (Wildman–Crippen MR) is 120 cm³/mol. The van der Waals surface area contributed by atoms with Crippen LogP contribution in [0, 0.1) is 0 Å². The van der Waals surface area contributed by atoms with Crippen molar-refractivity contribution < 1.29 is 4.42 Å². The SMILES string of the molecule is O=c1oc(-c2ccc(Cl)cc2)c(-c2ccc(Cl)cc2)c2c3cccccc-3cc12. The van der Waals surface area contributed by atoms with Crippen LogP contribution in [0.1, 0.15) is 0 Å². The van der Waals surface area contributed by atoms with Crippen LogP contribution >= 0.6 is 23.2 Å². The molecule has 0 unspecified atom stereocenters. The van der Waals surface area contributed by atoms with Crippen molar-refractivity contribution in [3.8, 4) is 33.6 Å². The molecule has 0 N–H and O–H groups in total. The Labute approximate surface area is 177 Å². The van der Waals surface area contributed by atoms with Gasteiger partial charge in [-0.05, 0) is 59.2 Å². The Morgan fingerprint density at radius 1 is 0.655 bits per heavy atom. The zero-order valence-corrected chi connectivity index (χ0v) is 16.7. The average Bonchev–Trinajstić information content (AvgIpc) is 2.92. The number of benzene rings is 2. The number of hydrogen-bond acceptors (Lipinski definition) is 2. The fourth-order valence-electron chi connectivity index (χ4n) is 3.73. The third-order valence-electron chi connectivity index (χ3n) is 5.04. The van der Waals surface area contributed by atoms with E-state index in [9.17, 15) is 4.79 Å². The van der Waals surface area contributed by atoms with Gasteiger partial charge in [-0.15, -0.1) is 0 Å². The zero-order chi connectivity index (χ0) is 20.0. The summed E-state index contributed by atoms with van der Waals surface area (Å²) in [6.45, 7) is 0. The molecule has 2 nitrogen and oxygen atoms in total. The smallest absolute Gasteiger partial charge is 0.344 e. The van der Waals surface area contributed by atoms with Gasteiger partial charge >= 0.3 is 5.63 Å². The summed E-state index contributed by atoms with van der Waals surface area (Å²) in [5.41, 5.74) is 4.19. The van der Waals surface area contributed by atoms with E-state index >= 15 is 0 Å². The van der Waals surface area contributed by atoms with Gasteiger partial charge in [0.05, 0.1) is 5.39 Å². The van der Waals surface area contributed by atoms with Crippen molar-refractivity contribution in [3.05, 3.63) is 105 Å². The summed E-state index contributed by atoms with van der Waals surface area (Å²) in [5, 5.41) is 2.71. The van der Waals surface area contributed by atoms with Crippen molar-refractivity contribution >= 4 is 34.0 Å². The molecule has 2 aromatic carbocycles. The van der Waals surface area contributed by atoms with Crippen molar-refractivity contribution in [1.29, 1.82) is 0 Å². The van der Waals surface area contributed by atoms with Crippen LogP contribution in [0.3, 0.4) is 0 Å². The zero-order valence-electron chi connectivity index (χ0n) is 15.2. The molecule has 29 heavy (non-hydrogen) atoms. The molecular formula is C25H14Cl2O2. The second-order valence-corrected chi connectivity index (χ2v) is 7.69. The first kappa shape index (κ1) is 18.0. The highest BCUT2D eigenvalue weighted by atomic mass is 35.5. The van der Waals surface area contributed by atoms with Gasteiger partial charge in [0.25, 0.3) is 0 Å². The van der Waals surface area contributed by atoms with Crippen LogP contribution in [0.2, 0.25) is 10.0 Å². The molecule has 0 fully saturated rings. The lowest BCUT2D eigenvalue weighted by Crippen LogP contribution is -2.01. The Hall–Kier alpha value is -3.07. The summed E-state index contributed by atoms with van der Waals surface area (Å²) in [6, 6.07) is 26.7. The van der Waals surface area contributed by atoms with E-state index in [4.69, 9.17) is 27.6 Å². The van der Waals surface area contributed by atoms with Crippen molar-refractivity contribution in [1.82, 2.24) is 0 Å². The predicted octanol–water partition coefficient (Wildman–Crippen LogP) is 7.54. The Kier molecular flexibility index (Phi) is 4.39. The minimum Gasteiger partial charge on any atom is -0.422 e. The third-order valence-corrected chi connectivity index (χ3v) is 5.55. The lowest BCUT2D eigenvalue weighted by molar-refractivity contribution is 0.536. The molecule has 0 radical (unpaired) electrons. The van der Waals surface area contributed by atoms with Crippen LogP contribution in [0.25, 0.3) is 44.3 Å². The van der Waals surface area contributed by atoms with Crippen LogP contribution in [-0.2, 0) is 0 Å². The molecule has 140 valence electrons. The first-order valence-electron chi connectivity index (χ1n) is 9.12. The van der Waals surface area contributed by atoms with Crippen LogP contribution in [-0.4, -0.2) is 0 Å². The monoisotopic (exact) mass is 416 g/mol. The Morgan fingerprint density at radius 2 is 1.28 bits per heavy atom. The summed E-state index contributed by atoms with van der Waals surface area (Å²) in [6.07, 6.45) is 0. The second kappa shape index (κ2) is 7.07. The summed E-state index contributed by atoms with van der Waals surface area (Å²) in [4.78, 5) is 12.9. The highest BCUT2D eigenvalue weighted by Gasteiger charge is 2.22. The fourth-order valence-corrected chi connectivity index (χ4v) is 3.98. The molecule has 3 aromatic rings. The molecule has 0 saturated carbocycles. The summed E-state index contributed by atoms with van der Waals surface area (Å²) < 4.78 is 5.85. The number of hydrogen-bond donors (Lipinski definition) is 0. The molecule has 4 heteroatoms. The molecule has 2 aliphatic rings. The number of rotatable bonds is 2. The maximum absolute atomic E-state index is 12.9. The van der Waals surface area contributed by atoms with E-state index in [1.807, 2.05) is 72.8 Å². The van der Waals surface area contributed by atoms with E-state index in [1.54, 1.807) is 12.1 Å². The Morgan fingerprint density at radius 3 is 1.97 bits per heavy atom. The van der Waals surface area contributed by atoms with Gasteiger partial charge in [-0.2, -0.15) is 0 Å². The van der Waals surface area contributed by atoms with Crippen LogP contribution < -0.4 is 5.63 Å². The Balaban J connectivity index is 1.96. The molecular weight excluding hydrogens is 403 g/mol. The molecule has 1 heterocycles. The topological polar surface area (TPSA) is 30.2 Å². The highest BCUT2D eigenvalue weighted by Crippen LogP contribution is 2.43. The highest BCUT2D eigenvalue weighted by molar-refractivity contribution is 6.31. The summed E-state index contributed by atoms with van der Waals surface area (Å²) in [7, 11) is 0. The molecule has 0 amide bonds. The van der Waals surface area contributed by atoms with E-state index in [0.29, 0.717) is 21.2 Å². The molecule has 2 aliphatic carbocycles. The van der Waals surface area contributed by atoms with Crippen LogP contribution in [0.15, 0.2) is 94.1 Å². The van der Waals surface area contributed by atoms with Gasteiger partial charge in [-0.1, -0.05) is 65.7 Å². The van der Waals surface area contributed by atoms with Crippen LogP contribution in [0.4, 0.5) is 0 Å². The molecule has 0 aliphatic heterocycles. The minimum atomic E-state index is -0.360. The molecule has 0 atom stereocenters. The lowest BCUT2D eigenvalue weighted by Gasteiger charge is -2.12. The van der Waals surface area contributed by atoms with E-state index in [-0.39, 0.29) is 5.63 Å². The quantitative estimate of drug-likeness (QED) is 0.297. The summed E-state index contributed by atoms with van der Waals surface area (Å²) >= 11 is 12.2.